The summed E-state index contributed by atoms with van der Waals surface area (Å²) in [6, 6.07) is 22.3. The number of hydrogen-bond donors (Lipinski definition) is 12. The quantitative estimate of drug-likeness (QED) is 0.0806. The van der Waals surface area contributed by atoms with Crippen LogP contribution in [0.3, 0.4) is 0 Å². The lowest BCUT2D eigenvalue weighted by atomic mass is 9.64. The molecule has 12 aromatic rings. The highest BCUT2D eigenvalue weighted by Gasteiger charge is 2.48. The first-order valence-electron chi connectivity index (χ1n) is 46.6. The summed E-state index contributed by atoms with van der Waals surface area (Å²) >= 11 is 0. The topological polar surface area (TPSA) is 618 Å². The molecule has 0 unspecified atom stereocenters. The van der Waals surface area contributed by atoms with Crippen LogP contribution in [0.1, 0.15) is 214 Å². The number of nitrogens with two attached hydrogens (primary N) is 5. The van der Waals surface area contributed by atoms with Crippen molar-refractivity contribution in [3.63, 3.8) is 0 Å². The molecule has 145 heavy (non-hydrogen) atoms. The number of fused-ring (bicyclic) bond motifs is 4. The Balaban J connectivity index is 0.000000124. The molecule has 42 nitrogen and oxygen atoms in total. The van der Waals surface area contributed by atoms with Crippen molar-refractivity contribution in [2.45, 2.75) is 169 Å². The Morgan fingerprint density at radius 2 is 0.779 bits per heavy atom. The van der Waals surface area contributed by atoms with E-state index in [1.165, 1.54) is 70.4 Å². The Morgan fingerprint density at radius 3 is 1.14 bits per heavy atom. The summed E-state index contributed by atoms with van der Waals surface area (Å²) in [5.74, 6) is 26.4. The van der Waals surface area contributed by atoms with Crippen molar-refractivity contribution < 1.29 is 87.8 Å². The highest BCUT2D eigenvalue weighted by atomic mass is 19.1. The smallest absolute Gasteiger partial charge is 0.269 e. The van der Waals surface area contributed by atoms with Gasteiger partial charge in [-0.15, -0.1) is 0 Å². The number of hydrogen-bond acceptors (Lipinski definition) is 28. The average Bonchev–Trinajstić information content (AvgIpc) is 1.57. The fourth-order valence-corrected chi connectivity index (χ4v) is 18.8. The van der Waals surface area contributed by atoms with Crippen molar-refractivity contribution in [1.29, 1.82) is 0 Å². The van der Waals surface area contributed by atoms with Crippen LogP contribution in [-0.2, 0) is 69.7 Å². The van der Waals surface area contributed by atoms with Gasteiger partial charge in [-0.25, -0.2) is 52.7 Å². The number of nitrogens with zero attached hydrogens (tertiary/aromatic N) is 20. The fraction of sp³-hybridized carbons (Fsp3) is 0.353. The number of carbonyl (C=O) groups excluding carboxylic acids is 9. The second-order valence-corrected chi connectivity index (χ2v) is 37.2. The van der Waals surface area contributed by atoms with Gasteiger partial charge in [-0.2, -0.15) is 25.5 Å². The van der Waals surface area contributed by atoms with Crippen LogP contribution in [0, 0.1) is 77.9 Å². The van der Waals surface area contributed by atoms with E-state index in [9.17, 15) is 83.3 Å². The molecule has 6 aliphatic carbocycles. The summed E-state index contributed by atoms with van der Waals surface area (Å²) in [7, 11) is 6.50. The predicted molar refractivity (Wildman–Crippen MR) is 513 cm³/mol. The molecule has 11 aromatic heterocycles. The molecule has 43 heteroatoms. The van der Waals surface area contributed by atoms with Crippen molar-refractivity contribution in [3.8, 4) is 88.3 Å². The molecule has 0 radical (unpaired) electrons. The normalized spacial score (nSPS) is 21.6. The van der Waals surface area contributed by atoms with Gasteiger partial charge in [0.05, 0.1) is 40.5 Å². The van der Waals surface area contributed by atoms with Gasteiger partial charge in [0.15, 0.2) is 63.2 Å². The number of primary amides is 5. The van der Waals surface area contributed by atoms with Crippen LogP contribution in [-0.4, -0.2) is 276 Å². The number of aliphatic hydroxyl groups is 7. The molecule has 4 saturated heterocycles. The Labute approximate surface area is 827 Å². The molecule has 15 heterocycles. The standard InChI is InChI=1S/2C21H21N5O3.C20H16FN5O3.2C20H21N5O4/c1-25-7-5-21(29,20(25)28)4-2-12-3-6-23-16(11-12)26-15-10-13-8-14(9-13)17(15)18(24-26)19(22)27;1-13-11-17(25-29-13)21(2,28)9-7-14-8-10-23-18(12-14)26-16-6-4-3-5-15(16)19(24-26)20(22)27;1-25-9-7-20(29,19(25)28)6-4-12-5-8-23-16(10-12)26-15-11-13(21)2-3-14(15)17(24-26)18(22)27;2*1-24-9-7-20(29,19(24)28)6-4-12-5-8-22-16(10-12)25-15-11-13(26)2-3-14(15)17(23-25)18(21)27/h3,6,11,13-14,29H,5,7-10H2,1H3,(H2,22,27);8,10-12,28H,3-6H2,1-2H3,(H2,22,27);2-3,5,8,10-11,29H,7,9H2,1H3,(H2,22,27);2*5,8,10,13,26,29H,2-3,7,9,11H2,1H3,(H2,21,27)/t13?,14?,21-;21-;20-;13-,20+;13-,20-/m01010/s1. The lowest BCUT2D eigenvalue weighted by Gasteiger charge is -2.41. The molecule has 22 rings (SSSR count). The number of aryl methyl sites for hydroxylation is 1. The number of aromatic nitrogens is 16. The highest BCUT2D eigenvalue weighted by molar-refractivity contribution is 6.05. The SMILES string of the molecule is CN1CC[C@@](O)(C#Cc2ccnc(-n3nc(C(N)=O)c4c3CC3CC4C3)c2)C1=O.CN1CC[C@@](O)(C#Cc2ccnc(-n3nc(C(N)=O)c4c3C[C@@H](O)CC4)c2)C1=O.CN1CC[C@@](O)(C#Cc2ccnc(-n3nc(C(N)=O)c4c3C[C@H](O)CC4)c2)C1=O.CN1CC[C@@](O)(C#Cc2ccnc(-n3nc(C(N)=O)c4ccc(F)cc43)c2)C1=O.Cc1cc([C@](C)(O)C#Cc2ccnc(-n3nc(C(N)=O)c4c3CCCC4)c2)no1. The first kappa shape index (κ1) is 99.7. The minimum Gasteiger partial charge on any atom is -0.393 e. The summed E-state index contributed by atoms with van der Waals surface area (Å²) < 4.78 is 26.5. The number of rotatable bonds is 11. The Hall–Kier alpha value is -16.8. The molecule has 9 amide bonds. The zero-order valence-corrected chi connectivity index (χ0v) is 79.6. The molecular weight excluding hydrogens is 1870 g/mol. The number of amides is 9. The number of pyridine rings is 5. The van der Waals surface area contributed by atoms with Gasteiger partial charge in [0.1, 0.15) is 17.3 Å². The van der Waals surface area contributed by atoms with Gasteiger partial charge < -0.3 is 88.5 Å². The lowest BCUT2D eigenvalue weighted by Crippen LogP contribution is -2.37. The fourth-order valence-electron chi connectivity index (χ4n) is 18.8. The van der Waals surface area contributed by atoms with Crippen molar-refractivity contribution in [2.75, 3.05) is 54.4 Å². The number of carbonyl (C=O) groups is 9. The van der Waals surface area contributed by atoms with E-state index in [1.54, 1.807) is 131 Å². The maximum atomic E-state index is 13.8. The van der Waals surface area contributed by atoms with Gasteiger partial charge in [-0.1, -0.05) is 64.4 Å². The Morgan fingerprint density at radius 1 is 0.434 bits per heavy atom. The third kappa shape index (κ3) is 20.4. The van der Waals surface area contributed by atoms with Gasteiger partial charge in [-0.05, 0) is 169 Å². The molecule has 1 saturated carbocycles. The number of likely N-dealkylation sites (N-methyl/N-ethyl adjacent to an activating group) is 4. The molecule has 1 aromatic carbocycles. The number of halogens is 1. The molecule has 4 aliphatic heterocycles. The zero-order valence-electron chi connectivity index (χ0n) is 79.6. The summed E-state index contributed by atoms with van der Waals surface area (Å²) in [4.78, 5) is 135. The third-order valence-corrected chi connectivity index (χ3v) is 26.7. The minimum absolute atomic E-state index is 0.00723. The average molecular weight is 1970 g/mol. The van der Waals surface area contributed by atoms with Gasteiger partial charge in [0, 0.05) is 191 Å². The summed E-state index contributed by atoms with van der Waals surface area (Å²) in [5, 5.41) is 98.4. The van der Waals surface area contributed by atoms with Gasteiger partial charge in [0.2, 0.25) is 22.4 Å². The summed E-state index contributed by atoms with van der Waals surface area (Å²) in [5.41, 5.74) is 30.3. The maximum absolute atomic E-state index is 13.8. The second-order valence-electron chi connectivity index (χ2n) is 37.2. The molecule has 2 bridgehead atoms. The van der Waals surface area contributed by atoms with Gasteiger partial charge >= 0.3 is 0 Å². The Kier molecular flexibility index (Phi) is 27.5. The van der Waals surface area contributed by atoms with E-state index in [0.29, 0.717) is 173 Å². The van der Waals surface area contributed by atoms with Crippen LogP contribution in [0.2, 0.25) is 0 Å². The van der Waals surface area contributed by atoms with E-state index in [0.717, 1.165) is 78.6 Å². The van der Waals surface area contributed by atoms with Crippen molar-refractivity contribution in [2.24, 2.45) is 34.6 Å². The first-order chi connectivity index (χ1) is 69.0. The number of aliphatic hydroxyl groups excluding tert-OH is 2. The van der Waals surface area contributed by atoms with E-state index in [2.05, 4.69) is 115 Å². The van der Waals surface area contributed by atoms with Crippen molar-refractivity contribution >= 4 is 64.1 Å². The van der Waals surface area contributed by atoms with Gasteiger partial charge in [-0.3, -0.25) is 43.2 Å². The van der Waals surface area contributed by atoms with Crippen molar-refractivity contribution in [3.05, 3.63) is 235 Å². The zero-order chi connectivity index (χ0) is 103. The molecule has 17 N–H and O–H groups in total. The maximum Gasteiger partial charge on any atom is 0.269 e. The summed E-state index contributed by atoms with van der Waals surface area (Å²) in [6.07, 6.45) is 17.1. The van der Waals surface area contributed by atoms with Crippen LogP contribution < -0.4 is 28.7 Å². The van der Waals surface area contributed by atoms with E-state index >= 15 is 0 Å². The van der Waals surface area contributed by atoms with E-state index < -0.39 is 93.3 Å². The van der Waals surface area contributed by atoms with E-state index in [1.807, 2.05) is 0 Å². The van der Waals surface area contributed by atoms with E-state index in [-0.39, 0.29) is 54.5 Å². The van der Waals surface area contributed by atoms with Crippen LogP contribution in [0.4, 0.5) is 4.39 Å². The number of benzene rings is 1. The summed E-state index contributed by atoms with van der Waals surface area (Å²) in [6.45, 7) is 5.10. The highest BCUT2D eigenvalue weighted by Crippen LogP contribution is 2.51. The monoisotopic (exact) mass is 1970 g/mol. The molecular formula is C102H100FN25O17. The Bertz CT molecular complexity index is 7500. The molecule has 5 fully saturated rings. The van der Waals surface area contributed by atoms with Crippen LogP contribution in [0.15, 0.2) is 120 Å². The first-order valence-corrected chi connectivity index (χ1v) is 46.6. The second kappa shape index (κ2) is 39.9. The molecule has 0 spiro atoms. The molecule has 10 aliphatic rings. The number of likely N-dealkylation sites (tertiary alicyclic amines) is 4. The lowest BCUT2D eigenvalue weighted by molar-refractivity contribution is -0.138. The van der Waals surface area contributed by atoms with Crippen LogP contribution >= 0.6 is 0 Å². The van der Waals surface area contributed by atoms with Crippen LogP contribution in [0.5, 0.6) is 0 Å². The predicted octanol–water partition coefficient (Wildman–Crippen LogP) is 1.09. The van der Waals surface area contributed by atoms with Gasteiger partial charge in [0.25, 0.3) is 53.2 Å². The molecule has 742 valence electrons. The minimum atomic E-state index is -1.72. The third-order valence-electron chi connectivity index (χ3n) is 26.7. The molecule has 7 atom stereocenters. The van der Waals surface area contributed by atoms with Crippen LogP contribution in [0.25, 0.3) is 40.0 Å². The largest absolute Gasteiger partial charge is 0.393 e. The van der Waals surface area contributed by atoms with E-state index in [4.69, 9.17) is 33.2 Å². The van der Waals surface area contributed by atoms with Crippen molar-refractivity contribution in [1.82, 2.24) is 98.6 Å².